The lowest BCUT2D eigenvalue weighted by Crippen LogP contribution is -2.47. The molecule has 0 unspecified atom stereocenters. The second-order valence-electron chi connectivity index (χ2n) is 7.99. The highest BCUT2D eigenvalue weighted by Gasteiger charge is 2.38. The number of nitrogens with zero attached hydrogens (tertiary/aromatic N) is 2. The molecule has 33 heavy (non-hydrogen) atoms. The van der Waals surface area contributed by atoms with Crippen molar-refractivity contribution < 1.29 is 14.4 Å². The number of primary amides is 1. The number of urea groups is 1. The summed E-state index contributed by atoms with van der Waals surface area (Å²) in [7, 11) is 0. The van der Waals surface area contributed by atoms with Crippen LogP contribution in [0.3, 0.4) is 0 Å². The van der Waals surface area contributed by atoms with Crippen LogP contribution in [0.4, 0.5) is 15.3 Å². The number of halogens is 1. The second kappa shape index (κ2) is 9.51. The molecule has 1 fully saturated rings. The molecule has 1 aromatic heterocycles. The summed E-state index contributed by atoms with van der Waals surface area (Å²) in [6, 6.07) is 12.4. The van der Waals surface area contributed by atoms with Gasteiger partial charge in [0.25, 0.3) is 0 Å². The van der Waals surface area contributed by atoms with Crippen molar-refractivity contribution >= 4 is 46.2 Å². The maximum atomic E-state index is 13.1. The summed E-state index contributed by atoms with van der Waals surface area (Å²) in [6.07, 6.45) is 2.40. The van der Waals surface area contributed by atoms with Crippen LogP contribution in [0.2, 0.25) is 5.02 Å². The number of benzene rings is 2. The molecule has 3 aromatic rings. The maximum absolute atomic E-state index is 13.1. The highest BCUT2D eigenvalue weighted by molar-refractivity contribution is 6.31. The molecule has 4 amide bonds. The average molecular weight is 469 g/mol. The first-order valence-corrected chi connectivity index (χ1v) is 11.0. The molecule has 2 heterocycles. The Labute approximate surface area is 195 Å². The fraction of sp³-hybridized carbons (Fsp3) is 0.261. The minimum Gasteiger partial charge on any atom is -0.354 e. The lowest BCUT2D eigenvalue weighted by molar-refractivity contribution is -0.124. The third-order valence-corrected chi connectivity index (χ3v) is 6.11. The van der Waals surface area contributed by atoms with Crippen LogP contribution < -0.4 is 22.1 Å². The largest absolute Gasteiger partial charge is 0.354 e. The van der Waals surface area contributed by atoms with Gasteiger partial charge in [0.1, 0.15) is 6.04 Å². The van der Waals surface area contributed by atoms with Gasteiger partial charge in [-0.2, -0.15) is 0 Å². The summed E-state index contributed by atoms with van der Waals surface area (Å²) in [5.41, 5.74) is 13.5. The second-order valence-corrected chi connectivity index (χ2v) is 8.40. The van der Waals surface area contributed by atoms with E-state index in [9.17, 15) is 14.4 Å². The van der Waals surface area contributed by atoms with E-state index in [4.69, 9.17) is 23.1 Å². The van der Waals surface area contributed by atoms with Gasteiger partial charge >= 0.3 is 12.1 Å². The molecule has 9 nitrogen and oxygen atoms in total. The van der Waals surface area contributed by atoms with Crippen molar-refractivity contribution in [1.82, 2.24) is 14.8 Å². The molecular formula is C23H25ClN6O3. The van der Waals surface area contributed by atoms with Crippen molar-refractivity contribution in [1.29, 1.82) is 0 Å². The van der Waals surface area contributed by atoms with Gasteiger partial charge < -0.3 is 27.0 Å². The fourth-order valence-electron chi connectivity index (χ4n) is 4.13. The molecule has 10 heteroatoms. The predicted octanol–water partition coefficient (Wildman–Crippen LogP) is 2.51. The molecule has 0 aliphatic carbocycles. The quantitative estimate of drug-likeness (QED) is 0.457. The maximum Gasteiger partial charge on any atom is 0.323 e. The minimum atomic E-state index is -0.698. The van der Waals surface area contributed by atoms with Gasteiger partial charge in [0, 0.05) is 35.7 Å². The fourth-order valence-corrected chi connectivity index (χ4v) is 4.36. The van der Waals surface area contributed by atoms with E-state index in [0.29, 0.717) is 41.0 Å². The van der Waals surface area contributed by atoms with Crippen LogP contribution in [0.5, 0.6) is 0 Å². The number of fused-ring (bicyclic) bond motifs is 1. The Morgan fingerprint density at radius 3 is 2.58 bits per heavy atom. The van der Waals surface area contributed by atoms with E-state index in [1.807, 2.05) is 18.2 Å². The Balaban J connectivity index is 1.45. The number of aromatic nitrogens is 1. The predicted molar refractivity (Wildman–Crippen MR) is 127 cm³/mol. The average Bonchev–Trinajstić information content (AvgIpc) is 3.36. The normalized spacial score (nSPS) is 17.8. The molecule has 0 saturated carbocycles. The monoisotopic (exact) mass is 468 g/mol. The molecule has 1 saturated heterocycles. The smallest absolute Gasteiger partial charge is 0.323 e. The summed E-state index contributed by atoms with van der Waals surface area (Å²) < 4.78 is 1.26. The van der Waals surface area contributed by atoms with E-state index in [0.717, 1.165) is 5.56 Å². The minimum absolute atomic E-state index is 0.239. The molecule has 1 aliphatic heterocycles. The standard InChI is InChI=1S/C23H25ClN6O3/c24-17-7-3-1-5-14(17)9-10-27-21(31)20-11-15(25)12-30(20)23(33)28-18-13-29(22(26)32)19-8-4-2-6-16(18)19/h1-8,13,15,20H,9-12,25H2,(H2,26,32)(H,27,31)(H,28,33)/t15-,20-/m0/s1. The van der Waals surface area contributed by atoms with Crippen molar-refractivity contribution in [2.24, 2.45) is 11.5 Å². The zero-order valence-electron chi connectivity index (χ0n) is 17.8. The third-order valence-electron chi connectivity index (χ3n) is 5.74. The van der Waals surface area contributed by atoms with Gasteiger partial charge in [-0.25, -0.2) is 9.59 Å². The topological polar surface area (TPSA) is 135 Å². The Morgan fingerprint density at radius 1 is 1.09 bits per heavy atom. The molecule has 4 rings (SSSR count). The molecular weight excluding hydrogens is 444 g/mol. The van der Waals surface area contributed by atoms with Gasteiger partial charge in [-0.1, -0.05) is 48.0 Å². The van der Waals surface area contributed by atoms with E-state index >= 15 is 0 Å². The molecule has 0 spiro atoms. The molecule has 2 aromatic carbocycles. The van der Waals surface area contributed by atoms with Gasteiger partial charge in [-0.15, -0.1) is 0 Å². The summed E-state index contributed by atoms with van der Waals surface area (Å²) in [6.45, 7) is 0.624. The zero-order chi connectivity index (χ0) is 23.5. The van der Waals surface area contributed by atoms with Crippen LogP contribution in [0.1, 0.15) is 12.0 Å². The first-order chi connectivity index (χ1) is 15.8. The van der Waals surface area contributed by atoms with Crippen molar-refractivity contribution in [3.8, 4) is 0 Å². The van der Waals surface area contributed by atoms with Gasteiger partial charge in [0.15, 0.2) is 0 Å². The van der Waals surface area contributed by atoms with Crippen LogP contribution in [0, 0.1) is 0 Å². The van der Waals surface area contributed by atoms with Crippen LogP contribution in [-0.4, -0.2) is 52.6 Å². The first-order valence-electron chi connectivity index (χ1n) is 10.6. The summed E-state index contributed by atoms with van der Waals surface area (Å²) >= 11 is 6.17. The van der Waals surface area contributed by atoms with E-state index in [1.165, 1.54) is 15.7 Å². The Morgan fingerprint density at radius 2 is 1.82 bits per heavy atom. The molecule has 0 radical (unpaired) electrons. The number of carbonyl (C=O) groups is 3. The van der Waals surface area contributed by atoms with Crippen molar-refractivity contribution in [3.63, 3.8) is 0 Å². The lowest BCUT2D eigenvalue weighted by atomic mass is 10.1. The van der Waals surface area contributed by atoms with E-state index in [-0.39, 0.29) is 18.5 Å². The Kier molecular flexibility index (Phi) is 6.52. The summed E-state index contributed by atoms with van der Waals surface area (Å²) in [5.74, 6) is -0.273. The van der Waals surface area contributed by atoms with E-state index in [1.54, 1.807) is 30.3 Å². The number of nitrogens with one attached hydrogen (secondary N) is 2. The van der Waals surface area contributed by atoms with Crippen molar-refractivity contribution in [2.75, 3.05) is 18.4 Å². The van der Waals surface area contributed by atoms with Gasteiger partial charge in [0.2, 0.25) is 5.91 Å². The number of anilines is 1. The number of rotatable bonds is 5. The number of hydrogen-bond donors (Lipinski definition) is 4. The SMILES string of the molecule is NC(=O)n1cc(NC(=O)N2C[C@@H](N)C[C@H]2C(=O)NCCc2ccccc2Cl)c2ccccc21. The van der Waals surface area contributed by atoms with E-state index in [2.05, 4.69) is 10.6 Å². The number of likely N-dealkylation sites (tertiary alicyclic amines) is 1. The lowest BCUT2D eigenvalue weighted by Gasteiger charge is -2.24. The Hall–Kier alpha value is -3.56. The summed E-state index contributed by atoms with van der Waals surface area (Å²) in [4.78, 5) is 39.1. The number of carbonyl (C=O) groups excluding carboxylic acids is 3. The molecule has 2 atom stereocenters. The van der Waals surface area contributed by atoms with Gasteiger partial charge in [0.05, 0.1) is 11.2 Å². The summed E-state index contributed by atoms with van der Waals surface area (Å²) in [5, 5.41) is 6.99. The highest BCUT2D eigenvalue weighted by Crippen LogP contribution is 2.27. The van der Waals surface area contributed by atoms with Gasteiger partial charge in [-0.05, 0) is 30.5 Å². The van der Waals surface area contributed by atoms with Gasteiger partial charge in [-0.3, -0.25) is 9.36 Å². The zero-order valence-corrected chi connectivity index (χ0v) is 18.6. The van der Waals surface area contributed by atoms with Crippen LogP contribution in [0.15, 0.2) is 54.7 Å². The first kappa shape index (κ1) is 22.6. The Bertz CT molecular complexity index is 1210. The molecule has 0 bridgehead atoms. The van der Waals surface area contributed by atoms with Crippen molar-refractivity contribution in [3.05, 3.63) is 65.3 Å². The number of para-hydroxylation sites is 1. The van der Waals surface area contributed by atoms with Crippen LogP contribution >= 0.6 is 11.6 Å². The highest BCUT2D eigenvalue weighted by atomic mass is 35.5. The number of hydrogen-bond acceptors (Lipinski definition) is 4. The molecule has 6 N–H and O–H groups in total. The van der Waals surface area contributed by atoms with Crippen LogP contribution in [-0.2, 0) is 11.2 Å². The van der Waals surface area contributed by atoms with Crippen LogP contribution in [0.25, 0.3) is 10.9 Å². The number of amides is 4. The molecule has 1 aliphatic rings. The third kappa shape index (κ3) is 4.79. The number of nitrogens with two attached hydrogens (primary N) is 2. The van der Waals surface area contributed by atoms with Crippen molar-refractivity contribution in [2.45, 2.75) is 24.9 Å². The molecule has 172 valence electrons. The van der Waals surface area contributed by atoms with E-state index < -0.39 is 18.1 Å².